The van der Waals surface area contributed by atoms with Gasteiger partial charge in [0, 0.05) is 12.4 Å². The normalized spacial score (nSPS) is 11.3. The van der Waals surface area contributed by atoms with Gasteiger partial charge in [-0.15, -0.1) is 3.89 Å². The van der Waals surface area contributed by atoms with Crippen LogP contribution in [0.2, 0.25) is 0 Å². The molecule has 0 saturated heterocycles. The van der Waals surface area contributed by atoms with Crippen LogP contribution in [-0.2, 0) is 10.2 Å². The Labute approximate surface area is 92.8 Å². The zero-order chi connectivity index (χ0) is 11.6. The second-order valence-corrected chi connectivity index (χ2v) is 4.55. The summed E-state index contributed by atoms with van der Waals surface area (Å²) in [4.78, 5) is 3.61. The molecule has 0 bridgehead atoms. The lowest BCUT2D eigenvalue weighted by molar-refractivity contribution is 0.552. The lowest BCUT2D eigenvalue weighted by Gasteiger charge is -2.01. The summed E-state index contributed by atoms with van der Waals surface area (Å²) in [5.74, 6) is 0. The van der Waals surface area contributed by atoms with Crippen molar-refractivity contribution in [3.63, 3.8) is 0 Å². The molecule has 3 nitrogen and oxygen atoms in total. The summed E-state index contributed by atoms with van der Waals surface area (Å²) in [5, 5.41) is 0. The van der Waals surface area contributed by atoms with Crippen LogP contribution in [0, 0.1) is 0 Å². The van der Waals surface area contributed by atoms with Crippen molar-refractivity contribution >= 4 is 10.2 Å². The summed E-state index contributed by atoms with van der Waals surface area (Å²) in [7, 11) is -4.62. The van der Waals surface area contributed by atoms with Gasteiger partial charge in [-0.25, -0.2) is 0 Å². The van der Waals surface area contributed by atoms with Gasteiger partial charge in [-0.3, -0.25) is 4.98 Å². The third kappa shape index (κ3) is 2.25. The van der Waals surface area contributed by atoms with E-state index in [0.717, 1.165) is 11.1 Å². The lowest BCUT2D eigenvalue weighted by Crippen LogP contribution is -1.91. The molecule has 0 N–H and O–H groups in total. The van der Waals surface area contributed by atoms with Gasteiger partial charge in [0.15, 0.2) is 0 Å². The second kappa shape index (κ2) is 4.02. The van der Waals surface area contributed by atoms with E-state index in [1.165, 1.54) is 12.1 Å². The molecule has 1 aromatic carbocycles. The Bertz CT molecular complexity index is 579. The highest BCUT2D eigenvalue weighted by Gasteiger charge is 2.10. The second-order valence-electron chi connectivity index (χ2n) is 3.20. The molecule has 0 unspecified atom stereocenters. The molecule has 0 amide bonds. The fourth-order valence-electron chi connectivity index (χ4n) is 1.34. The van der Waals surface area contributed by atoms with Crippen LogP contribution in [-0.4, -0.2) is 13.4 Å². The Balaban J connectivity index is 2.41. The highest BCUT2D eigenvalue weighted by atomic mass is 32.3. The quantitative estimate of drug-likeness (QED) is 0.753. The van der Waals surface area contributed by atoms with Crippen molar-refractivity contribution in [1.82, 2.24) is 4.98 Å². The average molecular weight is 237 g/mol. The van der Waals surface area contributed by atoms with Gasteiger partial charge >= 0.3 is 10.2 Å². The van der Waals surface area contributed by atoms with Crippen LogP contribution in [0.1, 0.15) is 0 Å². The summed E-state index contributed by atoms with van der Waals surface area (Å²) < 4.78 is 33.8. The van der Waals surface area contributed by atoms with E-state index in [1.807, 2.05) is 6.07 Å². The number of benzene rings is 1. The Morgan fingerprint density at radius 1 is 1.00 bits per heavy atom. The maximum atomic E-state index is 12.6. The number of pyridine rings is 1. The Morgan fingerprint density at radius 3 is 2.19 bits per heavy atom. The summed E-state index contributed by atoms with van der Waals surface area (Å²) in [6, 6.07) is 9.17. The molecule has 5 heteroatoms. The number of hydrogen-bond acceptors (Lipinski definition) is 3. The lowest BCUT2D eigenvalue weighted by atomic mass is 10.1. The van der Waals surface area contributed by atoms with Crippen LogP contribution in [0.5, 0.6) is 0 Å². The minimum atomic E-state index is -4.62. The monoisotopic (exact) mass is 237 g/mol. The molecule has 0 aliphatic carbocycles. The van der Waals surface area contributed by atoms with Crippen LogP contribution >= 0.6 is 0 Å². The number of hydrogen-bond donors (Lipinski definition) is 0. The minimum absolute atomic E-state index is 0.333. The first-order valence-corrected chi connectivity index (χ1v) is 5.91. The van der Waals surface area contributed by atoms with E-state index in [-0.39, 0.29) is 4.90 Å². The maximum absolute atomic E-state index is 12.6. The first-order valence-electron chi connectivity index (χ1n) is 4.52. The Morgan fingerprint density at radius 2 is 1.69 bits per heavy atom. The summed E-state index contributed by atoms with van der Waals surface area (Å²) >= 11 is 0. The Kier molecular flexibility index (Phi) is 2.70. The fourth-order valence-corrected chi connectivity index (χ4v) is 1.80. The van der Waals surface area contributed by atoms with E-state index in [0.29, 0.717) is 0 Å². The van der Waals surface area contributed by atoms with E-state index < -0.39 is 10.2 Å². The van der Waals surface area contributed by atoms with E-state index in [2.05, 4.69) is 4.98 Å². The molecule has 82 valence electrons. The van der Waals surface area contributed by atoms with Crippen LogP contribution in [0.15, 0.2) is 53.7 Å². The predicted octanol–water partition coefficient (Wildman–Crippen LogP) is 2.41. The molecule has 0 spiro atoms. The molecule has 0 atom stereocenters. The molecular weight excluding hydrogens is 229 g/mol. The Hall–Kier alpha value is -1.75. The summed E-state index contributed by atoms with van der Waals surface area (Å²) in [5.41, 5.74) is 1.64. The fraction of sp³-hybridized carbons (Fsp3) is 0. The number of aromatic nitrogens is 1. The molecule has 0 aliphatic heterocycles. The zero-order valence-electron chi connectivity index (χ0n) is 8.17. The van der Waals surface area contributed by atoms with Gasteiger partial charge in [0.1, 0.15) is 0 Å². The van der Waals surface area contributed by atoms with Crippen LogP contribution in [0.3, 0.4) is 0 Å². The third-order valence-electron chi connectivity index (χ3n) is 2.13. The van der Waals surface area contributed by atoms with Crippen LogP contribution in [0.4, 0.5) is 3.89 Å². The van der Waals surface area contributed by atoms with Gasteiger partial charge < -0.3 is 0 Å². The molecule has 1 aromatic heterocycles. The van der Waals surface area contributed by atoms with Crippen molar-refractivity contribution in [2.45, 2.75) is 4.90 Å². The van der Waals surface area contributed by atoms with Gasteiger partial charge in [-0.05, 0) is 29.3 Å². The molecule has 0 fully saturated rings. The standard InChI is InChI=1S/C11H8FNO2S/c12-16(14,15)11-5-3-9(4-6-11)10-2-1-7-13-8-10/h1-8H. The molecule has 1 heterocycles. The third-order valence-corrected chi connectivity index (χ3v) is 2.97. The van der Waals surface area contributed by atoms with Crippen molar-refractivity contribution < 1.29 is 12.3 Å². The van der Waals surface area contributed by atoms with Gasteiger partial charge in [0.2, 0.25) is 0 Å². The van der Waals surface area contributed by atoms with Crippen molar-refractivity contribution in [2.24, 2.45) is 0 Å². The highest BCUT2D eigenvalue weighted by molar-refractivity contribution is 7.86. The molecule has 16 heavy (non-hydrogen) atoms. The van der Waals surface area contributed by atoms with Crippen molar-refractivity contribution in [3.8, 4) is 11.1 Å². The minimum Gasteiger partial charge on any atom is -0.264 e. The van der Waals surface area contributed by atoms with E-state index in [1.54, 1.807) is 30.6 Å². The van der Waals surface area contributed by atoms with Crippen LogP contribution < -0.4 is 0 Å². The number of nitrogens with zero attached hydrogens (tertiary/aromatic N) is 1. The maximum Gasteiger partial charge on any atom is 0.332 e. The van der Waals surface area contributed by atoms with Crippen LogP contribution in [0.25, 0.3) is 11.1 Å². The first kappa shape index (κ1) is 10.8. The molecule has 0 saturated carbocycles. The SMILES string of the molecule is O=S(=O)(F)c1ccc(-c2cccnc2)cc1. The summed E-state index contributed by atoms with van der Waals surface area (Å²) in [6.07, 6.45) is 3.29. The van der Waals surface area contributed by atoms with E-state index in [4.69, 9.17) is 0 Å². The van der Waals surface area contributed by atoms with E-state index >= 15 is 0 Å². The molecule has 0 aliphatic rings. The smallest absolute Gasteiger partial charge is 0.264 e. The van der Waals surface area contributed by atoms with Gasteiger partial charge in [0.05, 0.1) is 4.90 Å². The van der Waals surface area contributed by atoms with Gasteiger partial charge in [-0.2, -0.15) is 8.42 Å². The van der Waals surface area contributed by atoms with Crippen molar-refractivity contribution in [1.29, 1.82) is 0 Å². The number of halogens is 1. The van der Waals surface area contributed by atoms with E-state index in [9.17, 15) is 12.3 Å². The highest BCUT2D eigenvalue weighted by Crippen LogP contribution is 2.20. The largest absolute Gasteiger partial charge is 0.332 e. The molecule has 2 rings (SSSR count). The zero-order valence-corrected chi connectivity index (χ0v) is 8.99. The first-order chi connectivity index (χ1) is 7.57. The van der Waals surface area contributed by atoms with Gasteiger partial charge in [-0.1, -0.05) is 18.2 Å². The topological polar surface area (TPSA) is 47.0 Å². The summed E-state index contributed by atoms with van der Waals surface area (Å²) in [6.45, 7) is 0. The molecule has 0 radical (unpaired) electrons. The molecular formula is C11H8FNO2S. The predicted molar refractivity (Wildman–Crippen MR) is 58.0 cm³/mol. The molecule has 2 aromatic rings. The number of rotatable bonds is 2. The van der Waals surface area contributed by atoms with Gasteiger partial charge in [0.25, 0.3) is 0 Å². The van der Waals surface area contributed by atoms with Crippen molar-refractivity contribution in [3.05, 3.63) is 48.8 Å². The van der Waals surface area contributed by atoms with Crippen molar-refractivity contribution in [2.75, 3.05) is 0 Å². The average Bonchev–Trinajstić information content (AvgIpc) is 2.29.